The van der Waals surface area contributed by atoms with Crippen molar-refractivity contribution < 1.29 is 4.79 Å². The topological polar surface area (TPSA) is 86.8 Å². The molecule has 2 aromatic rings. The van der Waals surface area contributed by atoms with Gasteiger partial charge in [-0.2, -0.15) is 10.4 Å². The predicted octanol–water partition coefficient (Wildman–Crippen LogP) is 2.53. The number of nitriles is 1. The largest absolute Gasteiger partial charge is 0.326 e. The van der Waals surface area contributed by atoms with Crippen LogP contribution in [0.3, 0.4) is 0 Å². The summed E-state index contributed by atoms with van der Waals surface area (Å²) in [6.07, 6.45) is 6.06. The summed E-state index contributed by atoms with van der Waals surface area (Å²) in [5.74, 6) is 0.00682. The molecule has 1 N–H and O–H groups in total. The lowest BCUT2D eigenvalue weighted by Gasteiger charge is -2.28. The van der Waals surface area contributed by atoms with Crippen LogP contribution < -0.4 is 5.32 Å². The van der Waals surface area contributed by atoms with E-state index in [9.17, 15) is 4.79 Å². The van der Waals surface area contributed by atoms with Crippen LogP contribution in [0, 0.1) is 18.3 Å². The van der Waals surface area contributed by atoms with Crippen molar-refractivity contribution in [2.24, 2.45) is 0 Å². The number of nitrogens with zero attached hydrogens (tertiary/aromatic N) is 5. The maximum atomic E-state index is 12.4. The van der Waals surface area contributed by atoms with Gasteiger partial charge in [-0.25, -0.2) is 0 Å². The van der Waals surface area contributed by atoms with Gasteiger partial charge in [-0.3, -0.25) is 14.5 Å². The molecular weight excluding hydrogens is 352 g/mol. The molecule has 3 rings (SSSR count). The number of rotatable bonds is 7. The zero-order valence-electron chi connectivity index (χ0n) is 16.9. The lowest BCUT2D eigenvalue weighted by molar-refractivity contribution is -0.130. The first-order valence-corrected chi connectivity index (χ1v) is 9.78. The second-order valence-electron chi connectivity index (χ2n) is 7.99. The van der Waals surface area contributed by atoms with Crippen molar-refractivity contribution in [3.05, 3.63) is 36.3 Å². The van der Waals surface area contributed by atoms with Gasteiger partial charge in [0.15, 0.2) is 0 Å². The number of carbonyl (C=O) groups is 1. The molecule has 0 unspecified atom stereocenters. The van der Waals surface area contributed by atoms with E-state index in [0.29, 0.717) is 6.54 Å². The molecule has 3 heterocycles. The van der Waals surface area contributed by atoms with E-state index in [4.69, 9.17) is 10.4 Å². The molecule has 1 atom stereocenters. The molecule has 1 saturated heterocycles. The van der Waals surface area contributed by atoms with Crippen molar-refractivity contribution in [2.45, 2.75) is 58.2 Å². The summed E-state index contributed by atoms with van der Waals surface area (Å²) in [6.45, 7) is 7.94. The second-order valence-corrected chi connectivity index (χ2v) is 7.99. The second kappa shape index (κ2) is 8.53. The normalized spacial score (nSPS) is 16.9. The van der Waals surface area contributed by atoms with Crippen molar-refractivity contribution in [1.29, 1.82) is 5.26 Å². The van der Waals surface area contributed by atoms with E-state index in [-0.39, 0.29) is 24.0 Å². The third kappa shape index (κ3) is 4.76. The fourth-order valence-electron chi connectivity index (χ4n) is 3.49. The van der Waals surface area contributed by atoms with Gasteiger partial charge in [0.2, 0.25) is 5.91 Å². The maximum absolute atomic E-state index is 12.4. The standard InChI is InChI=1S/C21H28N6O/c1-16-13-19(17-6-9-23-10-7-17)25-27(16)12-8-21(2,3)24-15-20(28)26-11-4-5-18(26)14-22/h6-7,9-10,13,18,24H,4-5,8,11-12,15H2,1-3H3/t18-/m0/s1. The third-order valence-corrected chi connectivity index (χ3v) is 5.35. The fourth-order valence-corrected chi connectivity index (χ4v) is 3.49. The van der Waals surface area contributed by atoms with Gasteiger partial charge < -0.3 is 10.2 Å². The number of aryl methyl sites for hydroxylation is 2. The molecule has 2 aromatic heterocycles. The Morgan fingerprint density at radius 2 is 2.14 bits per heavy atom. The van der Waals surface area contributed by atoms with Crippen LogP contribution in [-0.4, -0.2) is 50.2 Å². The SMILES string of the molecule is Cc1cc(-c2ccncc2)nn1CCC(C)(C)NCC(=O)N1CCC[C@H]1C#N. The highest BCUT2D eigenvalue weighted by molar-refractivity contribution is 5.79. The lowest BCUT2D eigenvalue weighted by atomic mass is 10.0. The van der Waals surface area contributed by atoms with Crippen LogP contribution >= 0.6 is 0 Å². The summed E-state index contributed by atoms with van der Waals surface area (Å²) in [5.41, 5.74) is 2.88. The zero-order chi connectivity index (χ0) is 20.1. The van der Waals surface area contributed by atoms with Crippen LogP contribution in [0.1, 0.15) is 38.8 Å². The minimum absolute atomic E-state index is 0.00682. The van der Waals surface area contributed by atoms with Crippen LogP contribution in [0.4, 0.5) is 0 Å². The van der Waals surface area contributed by atoms with Crippen molar-refractivity contribution in [3.63, 3.8) is 0 Å². The highest BCUT2D eigenvalue weighted by atomic mass is 16.2. The maximum Gasteiger partial charge on any atom is 0.237 e. The van der Waals surface area contributed by atoms with Crippen molar-refractivity contribution >= 4 is 5.91 Å². The first-order valence-electron chi connectivity index (χ1n) is 9.78. The number of likely N-dealkylation sites (tertiary alicyclic amines) is 1. The highest BCUT2D eigenvalue weighted by Crippen LogP contribution is 2.20. The first kappa shape index (κ1) is 20.0. The Bertz CT molecular complexity index is 852. The monoisotopic (exact) mass is 380 g/mol. The van der Waals surface area contributed by atoms with E-state index < -0.39 is 0 Å². The molecule has 0 aliphatic carbocycles. The van der Waals surface area contributed by atoms with E-state index in [0.717, 1.165) is 42.8 Å². The summed E-state index contributed by atoms with van der Waals surface area (Å²) >= 11 is 0. The summed E-state index contributed by atoms with van der Waals surface area (Å²) in [6, 6.07) is 7.94. The zero-order valence-corrected chi connectivity index (χ0v) is 16.9. The molecule has 7 heteroatoms. The molecule has 1 amide bonds. The number of hydrogen-bond donors (Lipinski definition) is 1. The average molecular weight is 380 g/mol. The number of aromatic nitrogens is 3. The third-order valence-electron chi connectivity index (χ3n) is 5.35. The van der Waals surface area contributed by atoms with E-state index >= 15 is 0 Å². The summed E-state index contributed by atoms with van der Waals surface area (Å²) in [7, 11) is 0. The molecule has 1 fully saturated rings. The first-order chi connectivity index (χ1) is 13.4. The number of hydrogen-bond acceptors (Lipinski definition) is 5. The van der Waals surface area contributed by atoms with E-state index in [1.54, 1.807) is 17.3 Å². The molecule has 1 aliphatic heterocycles. The molecule has 0 aromatic carbocycles. The molecule has 0 spiro atoms. The van der Waals surface area contributed by atoms with Crippen molar-refractivity contribution in [3.8, 4) is 17.3 Å². The number of carbonyl (C=O) groups excluding carboxylic acids is 1. The fraction of sp³-hybridized carbons (Fsp3) is 0.524. The Labute approximate surface area is 166 Å². The smallest absolute Gasteiger partial charge is 0.237 e. The van der Waals surface area contributed by atoms with E-state index in [1.807, 2.05) is 16.8 Å². The Kier molecular flexibility index (Phi) is 6.10. The Morgan fingerprint density at radius 3 is 2.86 bits per heavy atom. The van der Waals surface area contributed by atoms with Gasteiger partial charge in [0.1, 0.15) is 6.04 Å². The number of nitrogens with one attached hydrogen (secondary N) is 1. The van der Waals surface area contributed by atoms with Gasteiger partial charge in [0.25, 0.3) is 0 Å². The molecule has 0 saturated carbocycles. The van der Waals surface area contributed by atoms with Crippen LogP contribution in [0.5, 0.6) is 0 Å². The number of amides is 1. The lowest BCUT2D eigenvalue weighted by Crippen LogP contribution is -2.48. The van der Waals surface area contributed by atoms with Crippen molar-refractivity contribution in [2.75, 3.05) is 13.1 Å². The minimum atomic E-state index is -0.268. The molecule has 7 nitrogen and oxygen atoms in total. The summed E-state index contributed by atoms with van der Waals surface area (Å²) in [5, 5.41) is 17.2. The van der Waals surface area contributed by atoms with Crippen LogP contribution in [0.15, 0.2) is 30.6 Å². The van der Waals surface area contributed by atoms with Gasteiger partial charge in [-0.15, -0.1) is 0 Å². The van der Waals surface area contributed by atoms with Crippen LogP contribution in [-0.2, 0) is 11.3 Å². The van der Waals surface area contributed by atoms with Gasteiger partial charge in [-0.05, 0) is 58.2 Å². The quantitative estimate of drug-likeness (QED) is 0.798. The van der Waals surface area contributed by atoms with Gasteiger partial charge in [0.05, 0.1) is 18.3 Å². The van der Waals surface area contributed by atoms with Gasteiger partial charge in [-0.1, -0.05) is 0 Å². The molecule has 28 heavy (non-hydrogen) atoms. The summed E-state index contributed by atoms with van der Waals surface area (Å²) < 4.78 is 2.01. The van der Waals surface area contributed by atoms with Gasteiger partial charge in [0, 0.05) is 42.3 Å². The molecule has 148 valence electrons. The Balaban J connectivity index is 1.54. The van der Waals surface area contributed by atoms with Crippen molar-refractivity contribution in [1.82, 2.24) is 25.0 Å². The number of pyridine rings is 1. The highest BCUT2D eigenvalue weighted by Gasteiger charge is 2.29. The minimum Gasteiger partial charge on any atom is -0.326 e. The van der Waals surface area contributed by atoms with Crippen LogP contribution in [0.2, 0.25) is 0 Å². The molecule has 1 aliphatic rings. The molecular formula is C21H28N6O. The Hall–Kier alpha value is -2.72. The average Bonchev–Trinajstić information content (AvgIpc) is 3.32. The van der Waals surface area contributed by atoms with Gasteiger partial charge >= 0.3 is 0 Å². The molecule has 0 bridgehead atoms. The van der Waals surface area contributed by atoms with Crippen LogP contribution in [0.25, 0.3) is 11.3 Å². The summed E-state index contributed by atoms with van der Waals surface area (Å²) in [4.78, 5) is 18.2. The van der Waals surface area contributed by atoms with E-state index in [2.05, 4.69) is 43.2 Å². The molecule has 0 radical (unpaired) electrons. The predicted molar refractivity (Wildman–Crippen MR) is 107 cm³/mol. The van der Waals surface area contributed by atoms with E-state index in [1.165, 1.54) is 0 Å². The Morgan fingerprint density at radius 1 is 1.39 bits per heavy atom.